The van der Waals surface area contributed by atoms with Crippen LogP contribution in [0.5, 0.6) is 0 Å². The predicted octanol–water partition coefficient (Wildman–Crippen LogP) is 2.18. The highest BCUT2D eigenvalue weighted by atomic mass is 19.1. The van der Waals surface area contributed by atoms with Crippen LogP contribution in [0, 0.1) is 5.82 Å². The van der Waals surface area contributed by atoms with Gasteiger partial charge in [-0.1, -0.05) is 0 Å². The van der Waals surface area contributed by atoms with Crippen molar-refractivity contribution < 1.29 is 9.18 Å². The second-order valence-corrected chi connectivity index (χ2v) is 6.17. The van der Waals surface area contributed by atoms with E-state index in [2.05, 4.69) is 15.4 Å². The molecule has 1 N–H and O–H groups in total. The van der Waals surface area contributed by atoms with Crippen molar-refractivity contribution in [3.63, 3.8) is 0 Å². The van der Waals surface area contributed by atoms with E-state index in [-0.39, 0.29) is 11.7 Å². The van der Waals surface area contributed by atoms with E-state index in [9.17, 15) is 9.18 Å². The van der Waals surface area contributed by atoms with Gasteiger partial charge < -0.3 is 10.2 Å². The van der Waals surface area contributed by atoms with Crippen LogP contribution >= 0.6 is 0 Å². The van der Waals surface area contributed by atoms with Crippen LogP contribution in [0.15, 0.2) is 18.2 Å². The summed E-state index contributed by atoms with van der Waals surface area (Å²) in [5.74, 6) is 1.81. The lowest BCUT2D eigenvalue weighted by atomic mass is 10.2. The number of anilines is 2. The first-order valence-corrected chi connectivity index (χ1v) is 7.84. The molecular weight excluding hydrogens is 297 g/mol. The summed E-state index contributed by atoms with van der Waals surface area (Å²) < 4.78 is 15.3. The maximum absolute atomic E-state index is 13.5. The zero-order chi connectivity index (χ0) is 16.0. The van der Waals surface area contributed by atoms with Gasteiger partial charge in [-0.25, -0.2) is 9.37 Å². The fourth-order valence-corrected chi connectivity index (χ4v) is 2.88. The second-order valence-electron chi connectivity index (χ2n) is 6.17. The Bertz CT molecular complexity index is 768. The van der Waals surface area contributed by atoms with Crippen LogP contribution in [-0.4, -0.2) is 27.2 Å². The third-order valence-corrected chi connectivity index (χ3v) is 4.33. The molecule has 4 rings (SSSR count). The number of carbonyl (C=O) groups is 1. The van der Waals surface area contributed by atoms with Gasteiger partial charge in [-0.3, -0.25) is 9.48 Å². The quantitative estimate of drug-likeness (QED) is 0.943. The van der Waals surface area contributed by atoms with E-state index in [4.69, 9.17) is 0 Å². The highest BCUT2D eigenvalue weighted by Gasteiger charge is 2.29. The van der Waals surface area contributed by atoms with Crippen molar-refractivity contribution in [1.82, 2.24) is 14.8 Å². The zero-order valence-corrected chi connectivity index (χ0v) is 12.9. The number of carbonyl (C=O) groups excluding carboxylic acids is 1. The molecule has 1 aliphatic heterocycles. The molecule has 6 nitrogen and oxygen atoms in total. The van der Waals surface area contributed by atoms with Crippen LogP contribution in [0.2, 0.25) is 0 Å². The molecule has 120 valence electrons. The van der Waals surface area contributed by atoms with Gasteiger partial charge in [-0.05, 0) is 31.0 Å². The number of fused-ring (bicyclic) bond motifs is 1. The SMILES string of the molecule is Cn1nc(C2CC2)nc1CN1CCC(=O)Nc2cc(F)ccc21. The summed E-state index contributed by atoms with van der Waals surface area (Å²) in [4.78, 5) is 18.5. The molecule has 1 aromatic heterocycles. The van der Waals surface area contributed by atoms with Gasteiger partial charge in [-0.2, -0.15) is 5.10 Å². The average molecular weight is 315 g/mol. The monoisotopic (exact) mass is 315 g/mol. The number of benzene rings is 1. The van der Waals surface area contributed by atoms with Crippen LogP contribution in [0.1, 0.15) is 36.8 Å². The van der Waals surface area contributed by atoms with Gasteiger partial charge in [0.05, 0.1) is 17.9 Å². The number of hydrogen-bond acceptors (Lipinski definition) is 4. The second kappa shape index (κ2) is 5.33. The highest BCUT2D eigenvalue weighted by molar-refractivity contribution is 5.96. The van der Waals surface area contributed by atoms with Gasteiger partial charge in [0, 0.05) is 25.9 Å². The Morgan fingerprint density at radius 1 is 1.39 bits per heavy atom. The Balaban J connectivity index is 1.64. The van der Waals surface area contributed by atoms with Gasteiger partial charge in [0.25, 0.3) is 0 Å². The maximum Gasteiger partial charge on any atom is 0.226 e. The van der Waals surface area contributed by atoms with E-state index in [1.54, 1.807) is 10.7 Å². The van der Waals surface area contributed by atoms with E-state index >= 15 is 0 Å². The lowest BCUT2D eigenvalue weighted by Gasteiger charge is -2.23. The van der Waals surface area contributed by atoms with Crippen LogP contribution in [-0.2, 0) is 18.4 Å². The predicted molar refractivity (Wildman–Crippen MR) is 83.7 cm³/mol. The Kier molecular flexibility index (Phi) is 3.28. The Labute approximate surface area is 133 Å². The first kappa shape index (κ1) is 14.2. The van der Waals surface area contributed by atoms with Crippen molar-refractivity contribution in [3.8, 4) is 0 Å². The fraction of sp³-hybridized carbons (Fsp3) is 0.438. The summed E-state index contributed by atoms with van der Waals surface area (Å²) in [6.45, 7) is 1.11. The van der Waals surface area contributed by atoms with Crippen molar-refractivity contribution in [2.24, 2.45) is 7.05 Å². The van der Waals surface area contributed by atoms with E-state index in [1.807, 2.05) is 11.9 Å². The maximum atomic E-state index is 13.5. The van der Waals surface area contributed by atoms with E-state index in [0.717, 1.165) is 30.2 Å². The van der Waals surface area contributed by atoms with Crippen LogP contribution < -0.4 is 10.2 Å². The minimum atomic E-state index is -0.361. The summed E-state index contributed by atoms with van der Waals surface area (Å²) in [5.41, 5.74) is 1.32. The molecule has 0 bridgehead atoms. The van der Waals surface area contributed by atoms with E-state index < -0.39 is 0 Å². The molecule has 0 unspecified atom stereocenters. The van der Waals surface area contributed by atoms with Crippen molar-refractivity contribution in [3.05, 3.63) is 35.7 Å². The van der Waals surface area contributed by atoms with Gasteiger partial charge in [0.15, 0.2) is 5.82 Å². The van der Waals surface area contributed by atoms with Crippen molar-refractivity contribution in [1.29, 1.82) is 0 Å². The lowest BCUT2D eigenvalue weighted by Crippen LogP contribution is -2.25. The molecule has 0 radical (unpaired) electrons. The third-order valence-electron chi connectivity index (χ3n) is 4.33. The van der Waals surface area contributed by atoms with Crippen LogP contribution in [0.3, 0.4) is 0 Å². The van der Waals surface area contributed by atoms with Gasteiger partial charge in [0.2, 0.25) is 5.91 Å². The van der Waals surface area contributed by atoms with Crippen LogP contribution in [0.4, 0.5) is 15.8 Å². The molecule has 0 saturated heterocycles. The molecule has 0 atom stereocenters. The molecule has 1 aliphatic carbocycles. The third kappa shape index (κ3) is 2.78. The number of hydrogen-bond donors (Lipinski definition) is 1. The van der Waals surface area contributed by atoms with Crippen molar-refractivity contribution in [2.75, 3.05) is 16.8 Å². The van der Waals surface area contributed by atoms with E-state index in [0.29, 0.717) is 31.1 Å². The van der Waals surface area contributed by atoms with Gasteiger partial charge in [0.1, 0.15) is 11.6 Å². The Morgan fingerprint density at radius 3 is 3.00 bits per heavy atom. The summed E-state index contributed by atoms with van der Waals surface area (Å²) in [6, 6.07) is 4.47. The molecule has 1 amide bonds. The molecule has 2 aliphatic rings. The standard InChI is InChI=1S/C16H18FN5O/c1-21-14(19-16(20-21)10-2-3-10)9-22-7-6-15(23)18-12-8-11(17)4-5-13(12)22/h4-5,8,10H,2-3,6-7,9H2,1H3,(H,18,23). The first-order chi connectivity index (χ1) is 11.1. The minimum Gasteiger partial charge on any atom is -0.362 e. The summed E-state index contributed by atoms with van der Waals surface area (Å²) in [7, 11) is 1.89. The number of nitrogens with zero attached hydrogens (tertiary/aromatic N) is 4. The average Bonchev–Trinajstić information content (AvgIpc) is 3.30. The van der Waals surface area contributed by atoms with Crippen molar-refractivity contribution >= 4 is 17.3 Å². The summed E-state index contributed by atoms with van der Waals surface area (Å²) in [6.07, 6.45) is 2.69. The minimum absolute atomic E-state index is 0.101. The topological polar surface area (TPSA) is 63.1 Å². The molecule has 1 fully saturated rings. The molecule has 1 saturated carbocycles. The van der Waals surface area contributed by atoms with Gasteiger partial charge in [-0.15, -0.1) is 0 Å². The molecule has 0 spiro atoms. The molecule has 2 aromatic rings. The number of nitrogens with one attached hydrogen (secondary N) is 1. The molecule has 2 heterocycles. The first-order valence-electron chi connectivity index (χ1n) is 7.84. The van der Waals surface area contributed by atoms with Gasteiger partial charge >= 0.3 is 0 Å². The molecule has 7 heteroatoms. The normalized spacial score (nSPS) is 17.7. The molecule has 1 aromatic carbocycles. The van der Waals surface area contributed by atoms with E-state index in [1.165, 1.54) is 12.1 Å². The lowest BCUT2D eigenvalue weighted by molar-refractivity contribution is -0.115. The zero-order valence-electron chi connectivity index (χ0n) is 12.9. The Morgan fingerprint density at radius 2 is 2.22 bits per heavy atom. The fourth-order valence-electron chi connectivity index (χ4n) is 2.88. The number of amides is 1. The molecular formula is C16H18FN5O. The summed E-state index contributed by atoms with van der Waals surface area (Å²) >= 11 is 0. The number of halogens is 1. The summed E-state index contributed by atoms with van der Waals surface area (Å²) in [5, 5.41) is 7.25. The number of aryl methyl sites for hydroxylation is 1. The Hall–Kier alpha value is -2.44. The largest absolute Gasteiger partial charge is 0.362 e. The molecule has 23 heavy (non-hydrogen) atoms. The smallest absolute Gasteiger partial charge is 0.226 e. The van der Waals surface area contributed by atoms with Crippen LogP contribution in [0.25, 0.3) is 0 Å². The highest BCUT2D eigenvalue weighted by Crippen LogP contribution is 2.38. The van der Waals surface area contributed by atoms with Crippen molar-refractivity contribution in [2.45, 2.75) is 31.7 Å². The number of rotatable bonds is 3. The number of aromatic nitrogens is 3.